The lowest BCUT2D eigenvalue weighted by Gasteiger charge is -2.13. The molecule has 1 heterocycles. The highest BCUT2D eigenvalue weighted by molar-refractivity contribution is 7.11. The van der Waals surface area contributed by atoms with Crippen LogP contribution in [0.15, 0.2) is 0 Å². The fourth-order valence-electron chi connectivity index (χ4n) is 1.67. The quantitative estimate of drug-likeness (QED) is 0.619. The van der Waals surface area contributed by atoms with Crippen LogP contribution in [-0.4, -0.2) is 4.98 Å². The molecule has 0 aliphatic heterocycles. The molecule has 0 fully saturated rings. The third-order valence-corrected chi connectivity index (χ3v) is 4.07. The first-order chi connectivity index (χ1) is 6.07. The molecule has 1 aliphatic rings. The summed E-state index contributed by atoms with van der Waals surface area (Å²) in [6.45, 7) is 6.74. The maximum atomic E-state index is 4.74. The highest BCUT2D eigenvalue weighted by Crippen LogP contribution is 2.32. The molecule has 0 radical (unpaired) electrons. The van der Waals surface area contributed by atoms with Crippen LogP contribution in [0.3, 0.4) is 0 Å². The molecule has 2 rings (SSSR count). The number of rotatable bonds is 0. The van der Waals surface area contributed by atoms with E-state index in [9.17, 15) is 0 Å². The Balaban J connectivity index is 2.36. The Morgan fingerprint density at radius 2 is 1.85 bits per heavy atom. The third-order valence-electron chi connectivity index (χ3n) is 2.49. The van der Waals surface area contributed by atoms with E-state index in [4.69, 9.17) is 4.98 Å². The van der Waals surface area contributed by atoms with Crippen molar-refractivity contribution in [2.75, 3.05) is 0 Å². The van der Waals surface area contributed by atoms with Gasteiger partial charge in [0.15, 0.2) is 0 Å². The third kappa shape index (κ3) is 1.78. The van der Waals surface area contributed by atoms with Gasteiger partial charge in [0.1, 0.15) is 0 Å². The van der Waals surface area contributed by atoms with E-state index >= 15 is 0 Å². The summed E-state index contributed by atoms with van der Waals surface area (Å²) in [5.74, 6) is 0. The van der Waals surface area contributed by atoms with Crippen molar-refractivity contribution in [3.8, 4) is 0 Å². The molecule has 72 valence electrons. The van der Waals surface area contributed by atoms with Crippen LogP contribution < -0.4 is 0 Å². The molecule has 0 amide bonds. The van der Waals surface area contributed by atoms with Crippen LogP contribution in [0.2, 0.25) is 0 Å². The molecule has 2 heteroatoms. The molecule has 0 unspecified atom stereocenters. The van der Waals surface area contributed by atoms with Crippen molar-refractivity contribution in [3.05, 3.63) is 15.6 Å². The molecule has 0 aromatic carbocycles. The van der Waals surface area contributed by atoms with Gasteiger partial charge in [0.25, 0.3) is 0 Å². The average Bonchev–Trinajstić information content (AvgIpc) is 2.45. The number of fused-ring (bicyclic) bond motifs is 1. The zero-order valence-corrected chi connectivity index (χ0v) is 9.50. The van der Waals surface area contributed by atoms with Gasteiger partial charge in [-0.15, -0.1) is 11.3 Å². The van der Waals surface area contributed by atoms with Gasteiger partial charge in [-0.05, 0) is 25.7 Å². The highest BCUT2D eigenvalue weighted by Gasteiger charge is 2.22. The predicted octanol–water partition coefficient (Wildman–Crippen LogP) is 3.32. The van der Waals surface area contributed by atoms with E-state index in [0.717, 1.165) is 0 Å². The molecule has 0 spiro atoms. The van der Waals surface area contributed by atoms with E-state index in [-0.39, 0.29) is 5.41 Å². The second kappa shape index (κ2) is 3.09. The standard InChI is InChI=1S/C11H17NS/c1-11(2,3)10-12-8-6-4-5-7-9(8)13-10/h4-7H2,1-3H3. The summed E-state index contributed by atoms with van der Waals surface area (Å²) < 4.78 is 0. The van der Waals surface area contributed by atoms with E-state index in [1.54, 1.807) is 4.88 Å². The van der Waals surface area contributed by atoms with Gasteiger partial charge in [0, 0.05) is 10.3 Å². The lowest BCUT2D eigenvalue weighted by atomic mass is 9.98. The summed E-state index contributed by atoms with van der Waals surface area (Å²) in [5, 5.41) is 1.32. The number of hydrogen-bond donors (Lipinski definition) is 0. The van der Waals surface area contributed by atoms with Crippen LogP contribution >= 0.6 is 11.3 Å². The van der Waals surface area contributed by atoms with Gasteiger partial charge in [0.2, 0.25) is 0 Å². The number of aryl methyl sites for hydroxylation is 2. The first kappa shape index (κ1) is 9.20. The summed E-state index contributed by atoms with van der Waals surface area (Å²) in [5.41, 5.74) is 1.63. The second-order valence-electron chi connectivity index (χ2n) is 4.85. The van der Waals surface area contributed by atoms with Gasteiger partial charge >= 0.3 is 0 Å². The molecule has 1 aromatic heterocycles. The predicted molar refractivity (Wildman–Crippen MR) is 57.5 cm³/mol. The van der Waals surface area contributed by atoms with Crippen molar-refractivity contribution in [1.82, 2.24) is 4.98 Å². The van der Waals surface area contributed by atoms with Gasteiger partial charge < -0.3 is 0 Å². The zero-order chi connectivity index (χ0) is 9.47. The number of aromatic nitrogens is 1. The summed E-state index contributed by atoms with van der Waals surface area (Å²) in [4.78, 5) is 6.29. The first-order valence-corrected chi connectivity index (χ1v) is 5.88. The van der Waals surface area contributed by atoms with Gasteiger partial charge in [-0.25, -0.2) is 4.98 Å². The largest absolute Gasteiger partial charge is 0.245 e. The minimum Gasteiger partial charge on any atom is -0.245 e. The lowest BCUT2D eigenvalue weighted by Crippen LogP contribution is -2.10. The molecule has 1 nitrogen and oxygen atoms in total. The molecule has 0 N–H and O–H groups in total. The van der Waals surface area contributed by atoms with Crippen LogP contribution in [0, 0.1) is 0 Å². The summed E-state index contributed by atoms with van der Waals surface area (Å²) in [6.07, 6.45) is 5.17. The molecule has 0 saturated heterocycles. The minimum atomic E-state index is 0.238. The highest BCUT2D eigenvalue weighted by atomic mass is 32.1. The Labute approximate surface area is 84.2 Å². The zero-order valence-electron chi connectivity index (χ0n) is 8.68. The molecule has 0 bridgehead atoms. The van der Waals surface area contributed by atoms with Crippen LogP contribution in [0.4, 0.5) is 0 Å². The van der Waals surface area contributed by atoms with Crippen molar-refractivity contribution in [2.45, 2.75) is 51.9 Å². The van der Waals surface area contributed by atoms with Crippen molar-refractivity contribution in [3.63, 3.8) is 0 Å². The Bertz CT molecular complexity index is 283. The van der Waals surface area contributed by atoms with Gasteiger partial charge in [-0.3, -0.25) is 0 Å². The van der Waals surface area contributed by atoms with Gasteiger partial charge in [-0.2, -0.15) is 0 Å². The fraction of sp³-hybridized carbons (Fsp3) is 0.727. The fourth-order valence-corrected chi connectivity index (χ4v) is 2.88. The minimum absolute atomic E-state index is 0.238. The second-order valence-corrected chi connectivity index (χ2v) is 5.93. The summed E-state index contributed by atoms with van der Waals surface area (Å²) in [6, 6.07) is 0. The van der Waals surface area contributed by atoms with E-state index in [1.807, 2.05) is 11.3 Å². The van der Waals surface area contributed by atoms with E-state index in [1.165, 1.54) is 36.4 Å². The van der Waals surface area contributed by atoms with Crippen molar-refractivity contribution in [1.29, 1.82) is 0 Å². The summed E-state index contributed by atoms with van der Waals surface area (Å²) >= 11 is 1.93. The normalized spacial score (nSPS) is 17.2. The lowest BCUT2D eigenvalue weighted by molar-refractivity contribution is 0.580. The molecule has 13 heavy (non-hydrogen) atoms. The smallest absolute Gasteiger partial charge is 0.0984 e. The SMILES string of the molecule is CC(C)(C)c1nc2c(s1)CCCC2. The van der Waals surface area contributed by atoms with Crippen LogP contribution in [-0.2, 0) is 18.3 Å². The number of nitrogens with zero attached hydrogens (tertiary/aromatic N) is 1. The van der Waals surface area contributed by atoms with Crippen LogP contribution in [0.25, 0.3) is 0 Å². The van der Waals surface area contributed by atoms with E-state index < -0.39 is 0 Å². The average molecular weight is 195 g/mol. The first-order valence-electron chi connectivity index (χ1n) is 5.06. The van der Waals surface area contributed by atoms with Crippen LogP contribution in [0.5, 0.6) is 0 Å². The van der Waals surface area contributed by atoms with Crippen LogP contribution in [0.1, 0.15) is 49.2 Å². The van der Waals surface area contributed by atoms with Crippen molar-refractivity contribution in [2.24, 2.45) is 0 Å². The Morgan fingerprint density at radius 3 is 2.46 bits per heavy atom. The summed E-state index contributed by atoms with van der Waals surface area (Å²) in [7, 11) is 0. The maximum Gasteiger partial charge on any atom is 0.0984 e. The van der Waals surface area contributed by atoms with Gasteiger partial charge in [-0.1, -0.05) is 20.8 Å². The monoisotopic (exact) mass is 195 g/mol. The maximum absolute atomic E-state index is 4.74. The van der Waals surface area contributed by atoms with E-state index in [2.05, 4.69) is 20.8 Å². The molecule has 0 atom stereocenters. The molecule has 0 saturated carbocycles. The van der Waals surface area contributed by atoms with Crippen molar-refractivity contribution < 1.29 is 0 Å². The molecular formula is C11H17NS. The molecular weight excluding hydrogens is 178 g/mol. The van der Waals surface area contributed by atoms with E-state index in [0.29, 0.717) is 0 Å². The van der Waals surface area contributed by atoms with Gasteiger partial charge in [0.05, 0.1) is 10.7 Å². The Hall–Kier alpha value is -0.370. The Kier molecular flexibility index (Phi) is 2.18. The topological polar surface area (TPSA) is 12.9 Å². The number of hydrogen-bond acceptors (Lipinski definition) is 2. The Morgan fingerprint density at radius 1 is 1.15 bits per heavy atom. The molecule has 1 aromatic rings. The van der Waals surface area contributed by atoms with Crippen molar-refractivity contribution >= 4 is 11.3 Å². The number of thiazole rings is 1. The molecule has 1 aliphatic carbocycles.